The number of nitrogens with one attached hydrogen (secondary N) is 1. The van der Waals surface area contributed by atoms with E-state index in [2.05, 4.69) is 5.09 Å². The van der Waals surface area contributed by atoms with Crippen molar-refractivity contribution in [1.82, 2.24) is 5.09 Å². The number of hydrogen-bond acceptors (Lipinski definition) is 4. The third-order valence-corrected chi connectivity index (χ3v) is 3.88. The number of hydrogen-bond donors (Lipinski definition) is 1. The summed E-state index contributed by atoms with van der Waals surface area (Å²) in [5, 5.41) is 2.97. The lowest BCUT2D eigenvalue weighted by atomic mass is 10.3. The third-order valence-electron chi connectivity index (χ3n) is 1.86. The maximum Gasteiger partial charge on any atom is 0.592 e. The molecule has 0 fully saturated rings. The van der Waals surface area contributed by atoms with E-state index in [-0.39, 0.29) is 0 Å². The van der Waals surface area contributed by atoms with E-state index in [4.69, 9.17) is 13.6 Å². The fraction of sp³-hybridized carbons (Fsp3) is 0.333. The highest BCUT2D eigenvalue weighted by atomic mass is 31.2. The van der Waals surface area contributed by atoms with Crippen LogP contribution in [0.25, 0.3) is 0 Å². The van der Waals surface area contributed by atoms with Crippen molar-refractivity contribution < 1.29 is 13.6 Å². The van der Waals surface area contributed by atoms with Gasteiger partial charge in [-0.15, -0.1) is 9.61 Å². The van der Waals surface area contributed by atoms with Crippen LogP contribution < -0.4 is 14.1 Å². The van der Waals surface area contributed by atoms with Gasteiger partial charge in [0.25, 0.3) is 0 Å². The minimum absolute atomic E-state index is 0.558. The fourth-order valence-electron chi connectivity index (χ4n) is 1.26. The highest BCUT2D eigenvalue weighted by Gasteiger charge is 2.54. The van der Waals surface area contributed by atoms with Crippen LogP contribution in [0.5, 0.6) is 11.5 Å². The van der Waals surface area contributed by atoms with E-state index in [1.54, 1.807) is 7.05 Å². The largest absolute Gasteiger partial charge is 0.592 e. The number of benzene rings is 1. The summed E-state index contributed by atoms with van der Waals surface area (Å²) in [6, 6.07) is 7.55. The van der Waals surface area contributed by atoms with Gasteiger partial charge in [-0.1, -0.05) is 12.1 Å². The maximum atomic E-state index is 5.64. The Morgan fingerprint density at radius 2 is 1.86 bits per heavy atom. The Morgan fingerprint density at radius 1 is 1.29 bits per heavy atom. The van der Waals surface area contributed by atoms with Crippen LogP contribution in [-0.2, 0) is 4.52 Å². The molecule has 1 aliphatic rings. The molecule has 14 heavy (non-hydrogen) atoms. The molecule has 76 valence electrons. The van der Waals surface area contributed by atoms with E-state index in [9.17, 15) is 0 Å². The molecule has 0 saturated carbocycles. The van der Waals surface area contributed by atoms with Crippen molar-refractivity contribution in [3.8, 4) is 11.5 Å². The molecule has 2 rings (SSSR count). The first-order chi connectivity index (χ1) is 6.79. The Kier molecular flexibility index (Phi) is 2.59. The van der Waals surface area contributed by atoms with Crippen molar-refractivity contribution >= 4 is 8.09 Å². The molecule has 1 heterocycles. The van der Waals surface area contributed by atoms with Crippen molar-refractivity contribution in [2.45, 2.75) is 6.92 Å². The van der Waals surface area contributed by atoms with Gasteiger partial charge in [0.1, 0.15) is 0 Å². The predicted octanol–water partition coefficient (Wildman–Crippen LogP) is 2.39. The van der Waals surface area contributed by atoms with Gasteiger partial charge in [-0.25, -0.2) is 0 Å². The number of rotatable bonds is 3. The van der Waals surface area contributed by atoms with Gasteiger partial charge in [0.2, 0.25) is 11.5 Å². The normalized spacial score (nSPS) is 17.0. The summed E-state index contributed by atoms with van der Waals surface area (Å²) in [6.07, 6.45) is 0. The second kappa shape index (κ2) is 3.73. The van der Waals surface area contributed by atoms with Gasteiger partial charge >= 0.3 is 8.09 Å². The molecule has 0 spiro atoms. The molecule has 1 N–H and O–H groups in total. The van der Waals surface area contributed by atoms with Crippen molar-refractivity contribution in [2.75, 3.05) is 13.7 Å². The fourth-order valence-corrected chi connectivity index (χ4v) is 2.87. The Balaban J connectivity index is 2.23. The molecule has 0 aromatic heterocycles. The lowest BCUT2D eigenvalue weighted by molar-refractivity contribution is 0.267. The Bertz CT molecular complexity index is 307. The molecule has 0 radical (unpaired) electrons. The van der Waals surface area contributed by atoms with Crippen molar-refractivity contribution in [3.05, 3.63) is 24.3 Å². The summed E-state index contributed by atoms with van der Waals surface area (Å²) in [5.41, 5.74) is 0. The first-order valence-corrected chi connectivity index (χ1v) is 6.05. The first kappa shape index (κ1) is 9.71. The van der Waals surface area contributed by atoms with Crippen LogP contribution in [-0.4, -0.2) is 13.7 Å². The summed E-state index contributed by atoms with van der Waals surface area (Å²) in [5.74, 6) is 1.48. The summed E-state index contributed by atoms with van der Waals surface area (Å²) in [7, 11) is -0.587. The van der Waals surface area contributed by atoms with Gasteiger partial charge < -0.3 is 0 Å². The van der Waals surface area contributed by atoms with Gasteiger partial charge in [-0.2, -0.15) is 0 Å². The second-order valence-corrected chi connectivity index (χ2v) is 4.83. The smallest absolute Gasteiger partial charge is 0.259 e. The van der Waals surface area contributed by atoms with Crippen LogP contribution in [0.3, 0.4) is 0 Å². The van der Waals surface area contributed by atoms with E-state index < -0.39 is 8.09 Å². The van der Waals surface area contributed by atoms with Crippen molar-refractivity contribution in [2.24, 2.45) is 0 Å². The standard InChI is InChI=1S/C9H13NO3P/c1-3-11-14(10-2)12-8-6-4-5-7-9(8)13-14/h4-7,10H,3H2,1-2H3/q+1. The van der Waals surface area contributed by atoms with E-state index in [1.165, 1.54) is 0 Å². The number of para-hydroxylation sites is 2. The van der Waals surface area contributed by atoms with Crippen LogP contribution in [0.15, 0.2) is 24.3 Å². The monoisotopic (exact) mass is 214 g/mol. The topological polar surface area (TPSA) is 39.7 Å². The Morgan fingerprint density at radius 3 is 2.29 bits per heavy atom. The average Bonchev–Trinajstić information content (AvgIpc) is 2.57. The van der Waals surface area contributed by atoms with Gasteiger partial charge in [-0.3, -0.25) is 9.05 Å². The molecule has 0 aliphatic carbocycles. The first-order valence-electron chi connectivity index (χ1n) is 4.50. The van der Waals surface area contributed by atoms with Gasteiger partial charge in [0, 0.05) is 7.05 Å². The predicted molar refractivity (Wildman–Crippen MR) is 55.3 cm³/mol. The quantitative estimate of drug-likeness (QED) is 0.784. The average molecular weight is 214 g/mol. The van der Waals surface area contributed by atoms with Crippen LogP contribution in [0.1, 0.15) is 6.92 Å². The summed E-state index contributed by atoms with van der Waals surface area (Å²) in [4.78, 5) is 0. The molecule has 4 nitrogen and oxygen atoms in total. The molecule has 0 atom stereocenters. The van der Waals surface area contributed by atoms with E-state index in [0.717, 1.165) is 11.5 Å². The molecular formula is C9H13NO3P+. The van der Waals surface area contributed by atoms with Crippen LogP contribution in [0.2, 0.25) is 0 Å². The zero-order chi connectivity index (χ0) is 10.0. The molecule has 1 aromatic carbocycles. The highest BCUT2D eigenvalue weighted by Crippen LogP contribution is 2.64. The minimum atomic E-state index is -2.36. The molecule has 0 amide bonds. The van der Waals surface area contributed by atoms with Gasteiger partial charge in [0.15, 0.2) is 0 Å². The molecule has 0 saturated heterocycles. The van der Waals surface area contributed by atoms with E-state index in [0.29, 0.717) is 6.61 Å². The zero-order valence-electron chi connectivity index (χ0n) is 8.19. The molecular weight excluding hydrogens is 201 g/mol. The zero-order valence-corrected chi connectivity index (χ0v) is 9.08. The van der Waals surface area contributed by atoms with Crippen molar-refractivity contribution in [3.63, 3.8) is 0 Å². The second-order valence-electron chi connectivity index (χ2n) is 2.77. The third kappa shape index (κ3) is 1.57. The van der Waals surface area contributed by atoms with Gasteiger partial charge in [-0.05, 0) is 19.1 Å². The summed E-state index contributed by atoms with van der Waals surface area (Å²) < 4.78 is 16.8. The van der Waals surface area contributed by atoms with Crippen molar-refractivity contribution in [1.29, 1.82) is 0 Å². The SMILES string of the molecule is CCO[P+]1(NC)Oc2ccccc2O1. The Labute approximate surface area is 83.8 Å². The van der Waals surface area contributed by atoms with E-state index in [1.807, 2.05) is 31.2 Å². The van der Waals surface area contributed by atoms with Crippen LogP contribution in [0, 0.1) is 0 Å². The van der Waals surface area contributed by atoms with E-state index >= 15 is 0 Å². The molecule has 5 heteroatoms. The lowest BCUT2D eigenvalue weighted by Crippen LogP contribution is -2.19. The maximum absolute atomic E-state index is 5.64. The molecule has 1 aliphatic heterocycles. The summed E-state index contributed by atoms with van der Waals surface area (Å²) in [6.45, 7) is 2.47. The van der Waals surface area contributed by atoms with Crippen LogP contribution in [0.4, 0.5) is 0 Å². The molecule has 0 bridgehead atoms. The van der Waals surface area contributed by atoms with Crippen LogP contribution >= 0.6 is 8.09 Å². The molecule has 1 aromatic rings. The lowest BCUT2D eigenvalue weighted by Gasteiger charge is -2.11. The van der Waals surface area contributed by atoms with Gasteiger partial charge in [0.05, 0.1) is 6.61 Å². The Hall–Kier alpha value is -0.830. The minimum Gasteiger partial charge on any atom is -0.259 e. The highest BCUT2D eigenvalue weighted by molar-refractivity contribution is 7.60. The summed E-state index contributed by atoms with van der Waals surface area (Å²) >= 11 is 0. The molecule has 0 unspecified atom stereocenters. The number of fused-ring (bicyclic) bond motifs is 1.